The predicted molar refractivity (Wildman–Crippen MR) is 81.0 cm³/mol. The summed E-state index contributed by atoms with van der Waals surface area (Å²) in [5, 5.41) is 0. The lowest BCUT2D eigenvalue weighted by Gasteiger charge is -2.04. The number of carbonyl (C=O) groups is 1. The smallest absolute Gasteiger partial charge is 0.305 e. The van der Waals surface area contributed by atoms with Crippen molar-refractivity contribution in [1.29, 1.82) is 0 Å². The number of rotatable bonds is 13. The highest BCUT2D eigenvalue weighted by Crippen LogP contribution is 2.08. The van der Waals surface area contributed by atoms with E-state index in [-0.39, 0.29) is 5.97 Å². The van der Waals surface area contributed by atoms with Crippen LogP contribution in [0.15, 0.2) is 12.2 Å². The molecule has 112 valence electrons. The van der Waals surface area contributed by atoms with Gasteiger partial charge in [-0.1, -0.05) is 44.8 Å². The highest BCUT2D eigenvalue weighted by molar-refractivity contribution is 5.69. The largest absolute Gasteiger partial charge is 0.466 e. The Labute approximate surface area is 118 Å². The summed E-state index contributed by atoms with van der Waals surface area (Å²) in [6.07, 6.45) is 15.4. The molecule has 3 heteroatoms. The third-order valence-corrected chi connectivity index (χ3v) is 3.02. The molecule has 3 nitrogen and oxygen atoms in total. The van der Waals surface area contributed by atoms with Crippen molar-refractivity contribution >= 4 is 5.97 Å². The monoisotopic (exact) mass is 269 g/mol. The van der Waals surface area contributed by atoms with E-state index in [1.807, 2.05) is 0 Å². The second kappa shape index (κ2) is 15.2. The molecule has 0 spiro atoms. The molecular weight excluding hydrogens is 238 g/mol. The van der Waals surface area contributed by atoms with Gasteiger partial charge in [0.25, 0.3) is 0 Å². The van der Waals surface area contributed by atoms with Crippen LogP contribution in [0.5, 0.6) is 0 Å². The van der Waals surface area contributed by atoms with Crippen molar-refractivity contribution in [3.05, 3.63) is 12.2 Å². The summed E-state index contributed by atoms with van der Waals surface area (Å²) in [7, 11) is 0. The molecule has 0 bridgehead atoms. The van der Waals surface area contributed by atoms with Crippen molar-refractivity contribution in [3.63, 3.8) is 0 Å². The van der Waals surface area contributed by atoms with Gasteiger partial charge in [0.05, 0.1) is 6.61 Å². The van der Waals surface area contributed by atoms with E-state index in [1.165, 1.54) is 32.1 Å². The number of ether oxygens (including phenoxy) is 1. The van der Waals surface area contributed by atoms with Gasteiger partial charge in [0.2, 0.25) is 0 Å². The van der Waals surface area contributed by atoms with Gasteiger partial charge in [0.1, 0.15) is 0 Å². The van der Waals surface area contributed by atoms with Crippen molar-refractivity contribution in [2.75, 3.05) is 13.2 Å². The summed E-state index contributed by atoms with van der Waals surface area (Å²) in [4.78, 5) is 11.2. The van der Waals surface area contributed by atoms with Crippen LogP contribution in [0.25, 0.3) is 0 Å². The molecule has 0 aliphatic heterocycles. The normalized spacial score (nSPS) is 11.1. The highest BCUT2D eigenvalue weighted by Gasteiger charge is 2.00. The first-order chi connectivity index (χ1) is 9.31. The number of hydrogen-bond acceptors (Lipinski definition) is 3. The lowest BCUT2D eigenvalue weighted by Crippen LogP contribution is -2.08. The maximum absolute atomic E-state index is 11.2. The molecule has 0 unspecified atom stereocenters. The molecule has 0 aliphatic rings. The van der Waals surface area contributed by atoms with Gasteiger partial charge < -0.3 is 10.5 Å². The Morgan fingerprint density at radius 2 is 1.68 bits per heavy atom. The van der Waals surface area contributed by atoms with Crippen LogP contribution in [0.3, 0.4) is 0 Å². The van der Waals surface area contributed by atoms with Gasteiger partial charge >= 0.3 is 5.97 Å². The third-order valence-electron chi connectivity index (χ3n) is 3.02. The Kier molecular flexibility index (Phi) is 14.6. The second-order valence-corrected chi connectivity index (χ2v) is 4.90. The van der Waals surface area contributed by atoms with E-state index in [9.17, 15) is 4.79 Å². The van der Waals surface area contributed by atoms with Crippen molar-refractivity contribution in [1.82, 2.24) is 0 Å². The van der Waals surface area contributed by atoms with Gasteiger partial charge in [-0.15, -0.1) is 0 Å². The van der Waals surface area contributed by atoms with Gasteiger partial charge in [-0.05, 0) is 38.6 Å². The number of carbonyl (C=O) groups excluding carboxylic acids is 1. The molecule has 0 aromatic carbocycles. The van der Waals surface area contributed by atoms with Crippen LogP contribution in [0.4, 0.5) is 0 Å². The summed E-state index contributed by atoms with van der Waals surface area (Å²) in [5.41, 5.74) is 5.33. The summed E-state index contributed by atoms with van der Waals surface area (Å²) in [5.74, 6) is -0.104. The van der Waals surface area contributed by atoms with E-state index in [1.54, 1.807) is 0 Å². The summed E-state index contributed by atoms with van der Waals surface area (Å²) < 4.78 is 5.11. The molecule has 0 aromatic rings. The number of nitrogens with two attached hydrogens (primary N) is 1. The molecule has 0 atom stereocenters. The summed E-state index contributed by atoms with van der Waals surface area (Å²) in [6, 6.07) is 0. The summed E-state index contributed by atoms with van der Waals surface area (Å²) >= 11 is 0. The first kappa shape index (κ1) is 18.2. The van der Waals surface area contributed by atoms with Gasteiger partial charge in [-0.3, -0.25) is 4.79 Å². The van der Waals surface area contributed by atoms with Gasteiger partial charge in [-0.2, -0.15) is 0 Å². The van der Waals surface area contributed by atoms with Gasteiger partial charge in [-0.25, -0.2) is 0 Å². The molecular formula is C16H31NO2. The van der Waals surface area contributed by atoms with E-state index in [0.29, 0.717) is 19.6 Å². The third kappa shape index (κ3) is 15.1. The molecule has 0 aromatic heterocycles. The fourth-order valence-electron chi connectivity index (χ4n) is 1.86. The molecule has 0 saturated heterocycles. The number of unbranched alkanes of at least 4 members (excludes halogenated alkanes) is 6. The fourth-order valence-corrected chi connectivity index (χ4v) is 1.86. The number of hydrogen-bond donors (Lipinski definition) is 1. The van der Waals surface area contributed by atoms with E-state index in [4.69, 9.17) is 10.5 Å². The maximum Gasteiger partial charge on any atom is 0.305 e. The fraction of sp³-hybridized carbons (Fsp3) is 0.812. The molecule has 2 N–H and O–H groups in total. The van der Waals surface area contributed by atoms with Crippen LogP contribution in [-0.2, 0) is 9.53 Å². The molecule has 0 aliphatic carbocycles. The van der Waals surface area contributed by atoms with Gasteiger partial charge in [0.15, 0.2) is 0 Å². The van der Waals surface area contributed by atoms with Gasteiger partial charge in [0, 0.05) is 6.42 Å². The quantitative estimate of drug-likeness (QED) is 0.313. The Morgan fingerprint density at radius 1 is 1.00 bits per heavy atom. The Balaban J connectivity index is 3.10. The van der Waals surface area contributed by atoms with Crippen LogP contribution in [0, 0.1) is 0 Å². The topological polar surface area (TPSA) is 52.3 Å². The van der Waals surface area contributed by atoms with Crippen LogP contribution < -0.4 is 5.73 Å². The molecule has 0 heterocycles. The molecule has 19 heavy (non-hydrogen) atoms. The minimum atomic E-state index is -0.104. The molecule has 0 radical (unpaired) electrons. The highest BCUT2D eigenvalue weighted by atomic mass is 16.5. The zero-order chi connectivity index (χ0) is 14.2. The van der Waals surface area contributed by atoms with Crippen LogP contribution in [0.2, 0.25) is 0 Å². The van der Waals surface area contributed by atoms with E-state index >= 15 is 0 Å². The maximum atomic E-state index is 11.2. The minimum absolute atomic E-state index is 0.104. The van der Waals surface area contributed by atoms with Crippen molar-refractivity contribution in [2.24, 2.45) is 5.73 Å². The lowest BCUT2D eigenvalue weighted by molar-refractivity contribution is -0.143. The van der Waals surface area contributed by atoms with E-state index < -0.39 is 0 Å². The SMILES string of the molecule is CC/C=C\CCCCCCCCOC(=O)CCCN. The van der Waals surface area contributed by atoms with Crippen LogP contribution in [-0.4, -0.2) is 19.1 Å². The zero-order valence-electron chi connectivity index (χ0n) is 12.5. The number of allylic oxidation sites excluding steroid dienone is 2. The average Bonchev–Trinajstić information content (AvgIpc) is 2.42. The van der Waals surface area contributed by atoms with Crippen molar-refractivity contribution in [3.8, 4) is 0 Å². The zero-order valence-corrected chi connectivity index (χ0v) is 12.5. The van der Waals surface area contributed by atoms with E-state index in [2.05, 4.69) is 19.1 Å². The Hall–Kier alpha value is -0.830. The molecule has 0 amide bonds. The minimum Gasteiger partial charge on any atom is -0.466 e. The Morgan fingerprint density at radius 3 is 2.37 bits per heavy atom. The standard InChI is InChI=1S/C16H31NO2/c1-2-3-4-5-6-7-8-9-10-11-15-19-16(18)13-12-14-17/h3-4H,2,5-15,17H2,1H3/b4-3-. The second-order valence-electron chi connectivity index (χ2n) is 4.90. The predicted octanol–water partition coefficient (Wildman–Crippen LogP) is 3.97. The first-order valence-electron chi connectivity index (χ1n) is 7.82. The molecule has 0 fully saturated rings. The van der Waals surface area contributed by atoms with Crippen molar-refractivity contribution in [2.45, 2.75) is 71.1 Å². The summed E-state index contributed by atoms with van der Waals surface area (Å²) in [6.45, 7) is 3.30. The Bertz CT molecular complexity index is 227. The van der Waals surface area contributed by atoms with Crippen LogP contribution >= 0.6 is 0 Å². The number of esters is 1. The lowest BCUT2D eigenvalue weighted by atomic mass is 10.1. The molecule has 0 rings (SSSR count). The average molecular weight is 269 g/mol. The van der Waals surface area contributed by atoms with E-state index in [0.717, 1.165) is 25.7 Å². The van der Waals surface area contributed by atoms with Crippen LogP contribution in [0.1, 0.15) is 71.1 Å². The van der Waals surface area contributed by atoms with Crippen molar-refractivity contribution < 1.29 is 9.53 Å². The first-order valence-corrected chi connectivity index (χ1v) is 7.82. The molecule has 0 saturated carbocycles.